The fraction of sp³-hybridized carbons (Fsp3) is 0.0909. The summed E-state index contributed by atoms with van der Waals surface area (Å²) in [5, 5.41) is 5.49. The molecule has 0 unspecified atom stereocenters. The topological polar surface area (TPSA) is 97.4 Å². The van der Waals surface area contributed by atoms with Crippen molar-refractivity contribution in [3.8, 4) is 0 Å². The van der Waals surface area contributed by atoms with Crippen LogP contribution in [0.1, 0.15) is 36.6 Å². The van der Waals surface area contributed by atoms with Crippen molar-refractivity contribution in [3.63, 3.8) is 0 Å². The fourth-order valence-electron chi connectivity index (χ4n) is 2.63. The van der Waals surface area contributed by atoms with Gasteiger partial charge in [-0.25, -0.2) is 4.79 Å². The number of benzene rings is 2. The molecule has 0 radical (unpaired) electrons. The lowest BCUT2D eigenvalue weighted by atomic mass is 10.1. The minimum atomic E-state index is -0.540. The molecule has 1 heterocycles. The summed E-state index contributed by atoms with van der Waals surface area (Å²) in [4.78, 5) is 40.6. The summed E-state index contributed by atoms with van der Waals surface area (Å²) in [5.74, 6) is -1.19. The van der Waals surface area contributed by atoms with Gasteiger partial charge in [-0.05, 0) is 48.0 Å². The minimum Gasteiger partial charge on any atom is -0.465 e. The highest BCUT2D eigenvalue weighted by Crippen LogP contribution is 2.17. The molecule has 0 aliphatic carbocycles. The third-order valence-corrected chi connectivity index (χ3v) is 4.17. The Bertz CT molecular complexity index is 1020. The summed E-state index contributed by atoms with van der Waals surface area (Å²) >= 11 is 0. The SMILES string of the molecule is COC(=O)c1ccccc1NC(=O)c1ccc(C(=O)NCc2cccnc2)cc1. The first-order valence-corrected chi connectivity index (χ1v) is 8.84. The maximum Gasteiger partial charge on any atom is 0.339 e. The van der Waals surface area contributed by atoms with Crippen LogP contribution in [-0.2, 0) is 11.3 Å². The van der Waals surface area contributed by atoms with E-state index in [2.05, 4.69) is 15.6 Å². The van der Waals surface area contributed by atoms with E-state index in [4.69, 9.17) is 4.74 Å². The third-order valence-electron chi connectivity index (χ3n) is 4.17. The Morgan fingerprint density at radius 2 is 1.59 bits per heavy atom. The zero-order chi connectivity index (χ0) is 20.6. The van der Waals surface area contributed by atoms with Crippen molar-refractivity contribution in [1.29, 1.82) is 0 Å². The number of ether oxygens (including phenoxy) is 1. The second kappa shape index (κ2) is 9.27. The van der Waals surface area contributed by atoms with E-state index in [0.29, 0.717) is 23.4 Å². The molecule has 3 rings (SSSR count). The number of nitrogens with zero attached hydrogens (tertiary/aromatic N) is 1. The highest BCUT2D eigenvalue weighted by Gasteiger charge is 2.15. The van der Waals surface area contributed by atoms with Crippen molar-refractivity contribution in [2.24, 2.45) is 0 Å². The predicted octanol–water partition coefficient (Wildman–Crippen LogP) is 3.05. The molecule has 0 atom stereocenters. The van der Waals surface area contributed by atoms with E-state index in [1.165, 1.54) is 7.11 Å². The van der Waals surface area contributed by atoms with E-state index >= 15 is 0 Å². The van der Waals surface area contributed by atoms with Gasteiger partial charge in [-0.15, -0.1) is 0 Å². The lowest BCUT2D eigenvalue weighted by Crippen LogP contribution is -2.23. The Morgan fingerprint density at radius 3 is 2.24 bits per heavy atom. The van der Waals surface area contributed by atoms with Gasteiger partial charge in [0.25, 0.3) is 11.8 Å². The summed E-state index contributed by atoms with van der Waals surface area (Å²) in [5.41, 5.74) is 2.28. The molecule has 1 aromatic heterocycles. The second-order valence-corrected chi connectivity index (χ2v) is 6.11. The zero-order valence-electron chi connectivity index (χ0n) is 15.7. The van der Waals surface area contributed by atoms with Gasteiger partial charge >= 0.3 is 5.97 Å². The van der Waals surface area contributed by atoms with Gasteiger partial charge < -0.3 is 15.4 Å². The molecular formula is C22H19N3O4. The number of anilines is 1. The number of rotatable bonds is 6. The molecule has 29 heavy (non-hydrogen) atoms. The third kappa shape index (κ3) is 5.04. The Morgan fingerprint density at radius 1 is 0.897 bits per heavy atom. The molecule has 146 valence electrons. The van der Waals surface area contributed by atoms with Crippen LogP contribution in [0, 0.1) is 0 Å². The van der Waals surface area contributed by atoms with Crippen LogP contribution in [0.4, 0.5) is 5.69 Å². The van der Waals surface area contributed by atoms with Crippen LogP contribution >= 0.6 is 0 Å². The number of esters is 1. The number of aromatic nitrogens is 1. The molecule has 0 bridgehead atoms. The summed E-state index contributed by atoms with van der Waals surface area (Å²) in [7, 11) is 1.28. The van der Waals surface area contributed by atoms with E-state index in [9.17, 15) is 14.4 Å². The molecule has 0 spiro atoms. The summed E-state index contributed by atoms with van der Waals surface area (Å²) in [6, 6.07) is 16.5. The van der Waals surface area contributed by atoms with Crippen LogP contribution in [0.3, 0.4) is 0 Å². The highest BCUT2D eigenvalue weighted by atomic mass is 16.5. The number of hydrogen-bond acceptors (Lipinski definition) is 5. The molecule has 7 heteroatoms. The van der Waals surface area contributed by atoms with Gasteiger partial charge in [0.05, 0.1) is 18.4 Å². The average molecular weight is 389 g/mol. The second-order valence-electron chi connectivity index (χ2n) is 6.11. The van der Waals surface area contributed by atoms with Crippen LogP contribution in [0.5, 0.6) is 0 Å². The van der Waals surface area contributed by atoms with Gasteiger partial charge in [0.1, 0.15) is 0 Å². The quantitative estimate of drug-likeness (QED) is 0.632. The first kappa shape index (κ1) is 19.8. The molecule has 0 fully saturated rings. The standard InChI is InChI=1S/C22H19N3O4/c1-29-22(28)18-6-2-3-7-19(18)25-21(27)17-10-8-16(9-11-17)20(26)24-14-15-5-4-12-23-13-15/h2-13H,14H2,1H3,(H,24,26)(H,25,27). The van der Waals surface area contributed by atoms with Crippen molar-refractivity contribution in [3.05, 3.63) is 95.3 Å². The first-order valence-electron chi connectivity index (χ1n) is 8.84. The number of amides is 2. The van der Waals surface area contributed by atoms with Gasteiger partial charge in [0, 0.05) is 30.1 Å². The lowest BCUT2D eigenvalue weighted by Gasteiger charge is -2.10. The Labute approximate surface area is 167 Å². The zero-order valence-corrected chi connectivity index (χ0v) is 15.7. The average Bonchev–Trinajstić information content (AvgIpc) is 2.78. The van der Waals surface area contributed by atoms with Crippen molar-refractivity contribution < 1.29 is 19.1 Å². The number of nitrogens with one attached hydrogen (secondary N) is 2. The lowest BCUT2D eigenvalue weighted by molar-refractivity contribution is 0.0601. The van der Waals surface area contributed by atoms with E-state index in [1.54, 1.807) is 67.0 Å². The monoisotopic (exact) mass is 389 g/mol. The normalized spacial score (nSPS) is 10.1. The molecule has 7 nitrogen and oxygen atoms in total. The van der Waals surface area contributed by atoms with Gasteiger partial charge in [0.15, 0.2) is 0 Å². The number of carbonyl (C=O) groups excluding carboxylic acids is 3. The van der Waals surface area contributed by atoms with Crippen molar-refractivity contribution in [2.75, 3.05) is 12.4 Å². The van der Waals surface area contributed by atoms with Crippen molar-refractivity contribution >= 4 is 23.5 Å². The van der Waals surface area contributed by atoms with Crippen LogP contribution in [0.15, 0.2) is 73.1 Å². The predicted molar refractivity (Wildman–Crippen MR) is 108 cm³/mol. The number of para-hydroxylation sites is 1. The van der Waals surface area contributed by atoms with E-state index in [-0.39, 0.29) is 11.5 Å². The molecule has 3 aromatic rings. The van der Waals surface area contributed by atoms with E-state index in [0.717, 1.165) is 5.56 Å². The molecule has 2 aromatic carbocycles. The maximum absolute atomic E-state index is 12.5. The Balaban J connectivity index is 1.65. The van der Waals surface area contributed by atoms with Crippen LogP contribution in [0.25, 0.3) is 0 Å². The van der Waals surface area contributed by atoms with Gasteiger partial charge in [-0.1, -0.05) is 18.2 Å². The van der Waals surface area contributed by atoms with Gasteiger partial charge in [-0.2, -0.15) is 0 Å². The van der Waals surface area contributed by atoms with Crippen molar-refractivity contribution in [1.82, 2.24) is 10.3 Å². The minimum absolute atomic E-state index is 0.253. The Hall–Kier alpha value is -4.00. The summed E-state index contributed by atoms with van der Waals surface area (Å²) < 4.78 is 4.72. The fourth-order valence-corrected chi connectivity index (χ4v) is 2.63. The smallest absolute Gasteiger partial charge is 0.339 e. The number of carbonyl (C=O) groups is 3. The Kier molecular flexibility index (Phi) is 6.32. The van der Waals surface area contributed by atoms with Crippen LogP contribution < -0.4 is 10.6 Å². The number of methoxy groups -OCH3 is 1. The first-order chi connectivity index (χ1) is 14.1. The maximum atomic E-state index is 12.5. The summed E-state index contributed by atoms with van der Waals surface area (Å²) in [6.07, 6.45) is 3.35. The summed E-state index contributed by atoms with van der Waals surface area (Å²) in [6.45, 7) is 0.360. The molecule has 0 aliphatic heterocycles. The highest BCUT2D eigenvalue weighted by molar-refractivity contribution is 6.08. The molecule has 2 N–H and O–H groups in total. The molecular weight excluding hydrogens is 370 g/mol. The molecule has 0 saturated carbocycles. The molecule has 0 saturated heterocycles. The number of hydrogen-bond donors (Lipinski definition) is 2. The van der Waals surface area contributed by atoms with Crippen molar-refractivity contribution in [2.45, 2.75) is 6.54 Å². The van der Waals surface area contributed by atoms with Crippen LogP contribution in [0.2, 0.25) is 0 Å². The van der Waals surface area contributed by atoms with Gasteiger partial charge in [-0.3, -0.25) is 14.6 Å². The van der Waals surface area contributed by atoms with Gasteiger partial charge in [0.2, 0.25) is 0 Å². The van der Waals surface area contributed by atoms with Crippen LogP contribution in [-0.4, -0.2) is 29.9 Å². The largest absolute Gasteiger partial charge is 0.465 e. The van der Waals surface area contributed by atoms with E-state index in [1.807, 2.05) is 6.07 Å². The molecule has 2 amide bonds. The van der Waals surface area contributed by atoms with E-state index < -0.39 is 11.9 Å². The number of pyridine rings is 1. The molecule has 0 aliphatic rings.